The highest BCUT2D eigenvalue weighted by molar-refractivity contribution is 7.98. The van der Waals surface area contributed by atoms with E-state index in [-0.39, 0.29) is 17.9 Å². The van der Waals surface area contributed by atoms with Crippen molar-refractivity contribution in [3.63, 3.8) is 0 Å². The van der Waals surface area contributed by atoms with E-state index in [1.54, 1.807) is 48.6 Å². The second-order valence-corrected chi connectivity index (χ2v) is 8.46. The number of pyridine rings is 1. The predicted molar refractivity (Wildman–Crippen MR) is 128 cm³/mol. The van der Waals surface area contributed by atoms with Crippen molar-refractivity contribution in [3.8, 4) is 0 Å². The Balaban J connectivity index is 1.44. The Kier molecular flexibility index (Phi) is 7.36. The smallest absolute Gasteiger partial charge is 0.251 e. The molecule has 3 heterocycles. The number of aromatic nitrogens is 5. The number of imidazole rings is 1. The molecule has 0 fully saturated rings. The fraction of sp³-hybridized carbons (Fsp3) is 0.261. The molecule has 0 spiro atoms. The van der Waals surface area contributed by atoms with Gasteiger partial charge in [0, 0.05) is 42.8 Å². The van der Waals surface area contributed by atoms with Crippen molar-refractivity contribution in [1.29, 1.82) is 0 Å². The topological polar surface area (TPSA) is 106 Å². The van der Waals surface area contributed by atoms with Crippen LogP contribution in [0.2, 0.25) is 0 Å². The molecule has 0 bridgehead atoms. The molecule has 0 radical (unpaired) electrons. The third-order valence-corrected chi connectivity index (χ3v) is 5.78. The summed E-state index contributed by atoms with van der Waals surface area (Å²) in [6.07, 6.45) is 10.1. The number of nitrogens with one attached hydrogen (secondary N) is 2. The van der Waals surface area contributed by atoms with Crippen LogP contribution in [-0.2, 0) is 11.3 Å². The molecule has 0 aliphatic heterocycles. The van der Waals surface area contributed by atoms with E-state index in [4.69, 9.17) is 0 Å². The summed E-state index contributed by atoms with van der Waals surface area (Å²) in [4.78, 5) is 29.3. The highest BCUT2D eigenvalue weighted by Crippen LogP contribution is 2.20. The molecule has 0 aliphatic rings. The number of thioether (sulfide) groups is 1. The molecule has 4 aromatic rings. The van der Waals surface area contributed by atoms with Gasteiger partial charge < -0.3 is 15.2 Å². The van der Waals surface area contributed by atoms with Gasteiger partial charge in [0.05, 0.1) is 12.4 Å². The molecule has 170 valence electrons. The first-order valence-electron chi connectivity index (χ1n) is 10.6. The zero-order chi connectivity index (χ0) is 23.0. The first-order valence-corrected chi connectivity index (χ1v) is 12.0. The van der Waals surface area contributed by atoms with Crippen LogP contribution in [0.4, 0.5) is 5.69 Å². The Hall–Kier alpha value is -3.66. The first kappa shape index (κ1) is 22.5. The minimum Gasteiger partial charge on any atom is -0.342 e. The molecule has 0 saturated carbocycles. The third kappa shape index (κ3) is 5.78. The monoisotopic (exact) mass is 463 g/mol. The lowest BCUT2D eigenvalue weighted by atomic mass is 10.1. The maximum Gasteiger partial charge on any atom is 0.251 e. The van der Waals surface area contributed by atoms with Crippen molar-refractivity contribution < 1.29 is 9.59 Å². The lowest BCUT2D eigenvalue weighted by molar-refractivity contribution is -0.116. The van der Waals surface area contributed by atoms with E-state index in [0.717, 1.165) is 11.4 Å². The van der Waals surface area contributed by atoms with Gasteiger partial charge in [-0.25, -0.2) is 4.98 Å². The Bertz CT molecular complexity index is 1220. The zero-order valence-corrected chi connectivity index (χ0v) is 19.0. The Labute approximate surface area is 195 Å². The van der Waals surface area contributed by atoms with Crippen LogP contribution in [0.25, 0.3) is 5.65 Å². The molecule has 1 unspecified atom stereocenters. The van der Waals surface area contributed by atoms with Crippen molar-refractivity contribution in [2.75, 3.05) is 17.3 Å². The number of amides is 2. The lowest BCUT2D eigenvalue weighted by Crippen LogP contribution is -2.30. The normalized spacial score (nSPS) is 11.9. The summed E-state index contributed by atoms with van der Waals surface area (Å²) < 4.78 is 3.73. The number of carbonyl (C=O) groups excluding carboxylic acids is 2. The Morgan fingerprint density at radius 2 is 2.03 bits per heavy atom. The minimum atomic E-state index is -0.296. The van der Waals surface area contributed by atoms with Crippen LogP contribution in [0.1, 0.15) is 35.1 Å². The summed E-state index contributed by atoms with van der Waals surface area (Å²) in [7, 11) is 0. The van der Waals surface area contributed by atoms with Crippen molar-refractivity contribution in [1.82, 2.24) is 29.5 Å². The van der Waals surface area contributed by atoms with Gasteiger partial charge in [-0.1, -0.05) is 12.1 Å². The van der Waals surface area contributed by atoms with E-state index < -0.39 is 0 Å². The van der Waals surface area contributed by atoms with Gasteiger partial charge in [0.25, 0.3) is 5.91 Å². The first-order chi connectivity index (χ1) is 16.1. The number of benzene rings is 1. The summed E-state index contributed by atoms with van der Waals surface area (Å²) in [6, 6.07) is 12.3. The van der Waals surface area contributed by atoms with Crippen molar-refractivity contribution in [3.05, 3.63) is 78.8 Å². The summed E-state index contributed by atoms with van der Waals surface area (Å²) in [5.41, 5.74) is 1.77. The van der Waals surface area contributed by atoms with Crippen molar-refractivity contribution in [2.24, 2.45) is 0 Å². The molecule has 9 nitrogen and oxygen atoms in total. The average molecular weight is 464 g/mol. The van der Waals surface area contributed by atoms with Gasteiger partial charge in [-0.05, 0) is 48.8 Å². The van der Waals surface area contributed by atoms with Gasteiger partial charge >= 0.3 is 0 Å². The quantitative estimate of drug-likeness (QED) is 0.374. The molecule has 0 aliphatic carbocycles. The summed E-state index contributed by atoms with van der Waals surface area (Å²) in [6.45, 7) is 0.537. The van der Waals surface area contributed by atoms with Gasteiger partial charge in [-0.3, -0.25) is 14.0 Å². The molecule has 1 atom stereocenters. The van der Waals surface area contributed by atoms with Crippen LogP contribution in [0.3, 0.4) is 0 Å². The van der Waals surface area contributed by atoms with Crippen molar-refractivity contribution >= 4 is 34.9 Å². The highest BCUT2D eigenvalue weighted by atomic mass is 32.2. The third-order valence-electron chi connectivity index (χ3n) is 5.13. The maximum absolute atomic E-state index is 13.1. The number of fused-ring (bicyclic) bond motifs is 1. The molecular formula is C23H25N7O2S. The molecule has 2 N–H and O–H groups in total. The largest absolute Gasteiger partial charge is 0.342 e. The number of carbonyl (C=O) groups is 2. The summed E-state index contributed by atoms with van der Waals surface area (Å²) in [5.74, 6) is 1.19. The fourth-order valence-corrected chi connectivity index (χ4v) is 3.92. The molecule has 1 aromatic carbocycles. The van der Waals surface area contributed by atoms with Crippen LogP contribution in [-0.4, -0.2) is 48.0 Å². The van der Waals surface area contributed by atoms with Crippen molar-refractivity contribution in [2.45, 2.75) is 25.4 Å². The van der Waals surface area contributed by atoms with Gasteiger partial charge in [-0.15, -0.1) is 10.2 Å². The number of aryl methyl sites for hydroxylation is 1. The standard InChI is InChI=1S/C23H25N7O2S/c1-33-14-9-19(22-28-27-20-7-2-3-11-30(20)22)26-23(32)17-5-4-6-18(15-17)25-21(31)8-12-29-13-10-24-16-29/h2-7,10-11,13,15-16,19H,8-9,12,14H2,1H3,(H,25,31)(H,26,32). The summed E-state index contributed by atoms with van der Waals surface area (Å²) >= 11 is 1.71. The zero-order valence-electron chi connectivity index (χ0n) is 18.2. The maximum atomic E-state index is 13.1. The molecule has 4 rings (SSSR count). The van der Waals surface area contributed by atoms with Gasteiger partial charge in [-0.2, -0.15) is 11.8 Å². The van der Waals surface area contributed by atoms with Gasteiger partial charge in [0.2, 0.25) is 5.91 Å². The van der Waals surface area contributed by atoms with Gasteiger partial charge in [0.1, 0.15) is 0 Å². The number of hydrogen-bond donors (Lipinski definition) is 2. The second-order valence-electron chi connectivity index (χ2n) is 7.47. The van der Waals surface area contributed by atoms with E-state index in [0.29, 0.717) is 36.5 Å². The molecule has 3 aromatic heterocycles. The van der Waals surface area contributed by atoms with E-state index in [2.05, 4.69) is 25.8 Å². The number of anilines is 1. The average Bonchev–Trinajstić information content (AvgIpc) is 3.50. The molecule has 0 saturated heterocycles. The lowest BCUT2D eigenvalue weighted by Gasteiger charge is -2.17. The Morgan fingerprint density at radius 3 is 2.85 bits per heavy atom. The van der Waals surface area contributed by atoms with E-state index in [1.807, 2.05) is 45.8 Å². The predicted octanol–water partition coefficient (Wildman–Crippen LogP) is 3.18. The van der Waals surface area contributed by atoms with Crippen LogP contribution in [0, 0.1) is 0 Å². The number of hydrogen-bond acceptors (Lipinski definition) is 6. The second kappa shape index (κ2) is 10.8. The molecule has 2 amide bonds. The number of nitrogens with zero attached hydrogens (tertiary/aromatic N) is 5. The van der Waals surface area contributed by atoms with Crippen LogP contribution in [0.5, 0.6) is 0 Å². The minimum absolute atomic E-state index is 0.131. The highest BCUT2D eigenvalue weighted by Gasteiger charge is 2.21. The molecular weight excluding hydrogens is 438 g/mol. The fourth-order valence-electron chi connectivity index (χ4n) is 3.45. The molecule has 10 heteroatoms. The van der Waals surface area contributed by atoms with Crippen LogP contribution >= 0.6 is 11.8 Å². The van der Waals surface area contributed by atoms with Crippen LogP contribution < -0.4 is 10.6 Å². The van der Waals surface area contributed by atoms with E-state index >= 15 is 0 Å². The summed E-state index contributed by atoms with van der Waals surface area (Å²) in [5, 5.41) is 14.5. The Morgan fingerprint density at radius 1 is 1.12 bits per heavy atom. The van der Waals surface area contributed by atoms with E-state index in [1.165, 1.54) is 0 Å². The van der Waals surface area contributed by atoms with Gasteiger partial charge in [0.15, 0.2) is 11.5 Å². The SMILES string of the molecule is CSCCC(NC(=O)c1cccc(NC(=O)CCn2ccnc2)c1)c1nnc2ccccn12. The molecule has 33 heavy (non-hydrogen) atoms. The van der Waals surface area contributed by atoms with E-state index in [9.17, 15) is 9.59 Å². The number of rotatable bonds is 10. The van der Waals surface area contributed by atoms with Crippen LogP contribution in [0.15, 0.2) is 67.4 Å².